The molecule has 8 nitrogen and oxygen atoms in total. The van der Waals surface area contributed by atoms with Crippen LogP contribution in [0.4, 0.5) is 4.79 Å². The highest BCUT2D eigenvalue weighted by molar-refractivity contribution is 5.71. The maximum Gasteiger partial charge on any atom is 0.508 e. The summed E-state index contributed by atoms with van der Waals surface area (Å²) in [5.74, 6) is 1.11. The van der Waals surface area contributed by atoms with Gasteiger partial charge in [0.1, 0.15) is 18.5 Å². The van der Waals surface area contributed by atoms with E-state index in [0.717, 1.165) is 56.9 Å². The van der Waals surface area contributed by atoms with Crippen LogP contribution in [0.1, 0.15) is 69.9 Å². The van der Waals surface area contributed by atoms with E-state index in [9.17, 15) is 14.7 Å². The van der Waals surface area contributed by atoms with Crippen LogP contribution < -0.4 is 4.74 Å². The third-order valence-electron chi connectivity index (χ3n) is 7.77. The van der Waals surface area contributed by atoms with Crippen molar-refractivity contribution >= 4 is 12.1 Å². The molecule has 3 rings (SSSR count). The molecule has 0 bridgehead atoms. The number of methoxy groups -OCH3 is 1. The number of esters is 1. The molecule has 1 saturated carbocycles. The number of ether oxygens (including phenoxy) is 5. The van der Waals surface area contributed by atoms with Gasteiger partial charge in [0, 0.05) is 6.61 Å². The lowest BCUT2D eigenvalue weighted by Crippen LogP contribution is -2.30. The number of carbonyl (C=O) groups is 2. The van der Waals surface area contributed by atoms with Crippen LogP contribution in [0, 0.1) is 17.8 Å². The second-order valence-corrected chi connectivity index (χ2v) is 10.2. The van der Waals surface area contributed by atoms with Gasteiger partial charge >= 0.3 is 12.1 Å². The summed E-state index contributed by atoms with van der Waals surface area (Å²) in [4.78, 5) is 24.1. The summed E-state index contributed by atoms with van der Waals surface area (Å²) in [6, 6.07) is 5.96. The molecule has 2 aliphatic carbocycles. The average molecular weight is 521 g/mol. The first kappa shape index (κ1) is 29.2. The number of fused-ring (bicyclic) bond motifs is 2. The van der Waals surface area contributed by atoms with E-state index in [-0.39, 0.29) is 31.3 Å². The molecule has 0 aliphatic heterocycles. The molecule has 1 N–H and O–H groups in total. The molecular weight excluding hydrogens is 476 g/mol. The summed E-state index contributed by atoms with van der Waals surface area (Å²) in [7, 11) is 1.35. The molecule has 5 atom stereocenters. The number of aliphatic hydroxyl groups is 1. The van der Waals surface area contributed by atoms with Gasteiger partial charge in [0.05, 0.1) is 19.8 Å². The summed E-state index contributed by atoms with van der Waals surface area (Å²) in [6.45, 7) is 5.01. The first-order valence-electron chi connectivity index (χ1n) is 13.9. The summed E-state index contributed by atoms with van der Waals surface area (Å²) in [6.07, 6.45) is 6.74. The lowest BCUT2D eigenvalue weighted by molar-refractivity contribution is -0.142. The number of hydrogen-bond acceptors (Lipinski definition) is 8. The highest BCUT2D eigenvalue weighted by Gasteiger charge is 2.47. The number of aliphatic hydroxyl groups excluding tert-OH is 1. The third kappa shape index (κ3) is 8.60. The van der Waals surface area contributed by atoms with E-state index in [4.69, 9.17) is 23.7 Å². The standard InChI is InChI=1S/C29H44O8/c1-4-6-7-10-22(30)12-13-23-24-16-20-9-8-11-26(36-19-28(31)33-3)25(20)17-21(24)18-27(23)37-29(32)35-15-14-34-5-2/h8-9,11,21-24,27,30H,4-7,10,12-19H2,1-3H3. The second kappa shape index (κ2) is 15.2. The highest BCUT2D eigenvalue weighted by Crippen LogP contribution is 2.49. The van der Waals surface area contributed by atoms with Crippen molar-refractivity contribution in [1.82, 2.24) is 0 Å². The summed E-state index contributed by atoms with van der Waals surface area (Å²) < 4.78 is 26.9. The fraction of sp³-hybridized carbons (Fsp3) is 0.724. The van der Waals surface area contributed by atoms with Crippen LogP contribution in [0.15, 0.2) is 18.2 Å². The molecule has 1 aromatic carbocycles. The van der Waals surface area contributed by atoms with E-state index >= 15 is 0 Å². The molecule has 0 spiro atoms. The molecule has 0 radical (unpaired) electrons. The van der Waals surface area contributed by atoms with Gasteiger partial charge in [0.2, 0.25) is 0 Å². The Labute approximate surface area is 220 Å². The highest BCUT2D eigenvalue weighted by atomic mass is 16.7. The monoisotopic (exact) mass is 520 g/mol. The Kier molecular flexibility index (Phi) is 12.0. The van der Waals surface area contributed by atoms with Crippen molar-refractivity contribution < 1.29 is 38.4 Å². The smallest absolute Gasteiger partial charge is 0.482 e. The number of benzene rings is 1. The number of rotatable bonds is 15. The van der Waals surface area contributed by atoms with Gasteiger partial charge < -0.3 is 28.8 Å². The van der Waals surface area contributed by atoms with Crippen molar-refractivity contribution in [2.75, 3.05) is 33.5 Å². The van der Waals surface area contributed by atoms with Gasteiger partial charge in [-0.15, -0.1) is 0 Å². The SMILES string of the molecule is CCCCCC(O)CCC1C(OC(=O)OCCOCC)CC2Cc3c(cccc3OCC(=O)OC)CC21. The zero-order valence-corrected chi connectivity index (χ0v) is 22.6. The van der Waals surface area contributed by atoms with Crippen molar-refractivity contribution in [2.24, 2.45) is 17.8 Å². The minimum atomic E-state index is -0.656. The van der Waals surface area contributed by atoms with Crippen molar-refractivity contribution in [1.29, 1.82) is 0 Å². The van der Waals surface area contributed by atoms with E-state index in [1.807, 2.05) is 19.1 Å². The zero-order valence-electron chi connectivity index (χ0n) is 22.6. The van der Waals surface area contributed by atoms with Crippen molar-refractivity contribution in [3.8, 4) is 5.75 Å². The quantitative estimate of drug-likeness (QED) is 0.258. The second-order valence-electron chi connectivity index (χ2n) is 10.2. The van der Waals surface area contributed by atoms with Crippen LogP contribution in [0.2, 0.25) is 0 Å². The fourth-order valence-electron chi connectivity index (χ4n) is 5.89. The first-order chi connectivity index (χ1) is 18.0. The number of unbranched alkanes of at least 4 members (excludes halogenated alkanes) is 2. The minimum Gasteiger partial charge on any atom is -0.482 e. The van der Waals surface area contributed by atoms with Crippen LogP contribution in [0.5, 0.6) is 5.75 Å². The van der Waals surface area contributed by atoms with Crippen molar-refractivity contribution in [2.45, 2.75) is 83.8 Å². The van der Waals surface area contributed by atoms with Crippen molar-refractivity contribution in [3.63, 3.8) is 0 Å². The molecule has 1 aromatic rings. The Bertz CT molecular complexity index is 856. The molecule has 2 aliphatic rings. The van der Waals surface area contributed by atoms with E-state index < -0.39 is 12.1 Å². The zero-order chi connectivity index (χ0) is 26.6. The Morgan fingerprint density at radius 3 is 2.70 bits per heavy atom. The minimum absolute atomic E-state index is 0.126. The molecule has 8 heteroatoms. The van der Waals surface area contributed by atoms with Crippen LogP contribution in [0.3, 0.4) is 0 Å². The summed E-state index contributed by atoms with van der Waals surface area (Å²) >= 11 is 0. The molecule has 1 fully saturated rings. The molecule has 0 aromatic heterocycles. The van der Waals surface area contributed by atoms with Crippen LogP contribution in [-0.4, -0.2) is 63.0 Å². The summed E-state index contributed by atoms with van der Waals surface area (Å²) in [5, 5.41) is 10.6. The van der Waals surface area contributed by atoms with E-state index in [0.29, 0.717) is 37.2 Å². The topological polar surface area (TPSA) is 101 Å². The Morgan fingerprint density at radius 1 is 1.11 bits per heavy atom. The van der Waals surface area contributed by atoms with E-state index in [1.165, 1.54) is 12.7 Å². The summed E-state index contributed by atoms with van der Waals surface area (Å²) in [5.41, 5.74) is 2.32. The Morgan fingerprint density at radius 2 is 1.95 bits per heavy atom. The normalized spacial score (nSPS) is 23.0. The van der Waals surface area contributed by atoms with E-state index in [1.54, 1.807) is 0 Å². The number of hydrogen-bond donors (Lipinski definition) is 1. The van der Waals surface area contributed by atoms with Crippen LogP contribution in [0.25, 0.3) is 0 Å². The van der Waals surface area contributed by atoms with Gasteiger partial charge in [-0.25, -0.2) is 9.59 Å². The molecule has 5 unspecified atom stereocenters. The van der Waals surface area contributed by atoms with Crippen LogP contribution >= 0.6 is 0 Å². The maximum absolute atomic E-state index is 12.5. The largest absolute Gasteiger partial charge is 0.508 e. The fourth-order valence-corrected chi connectivity index (χ4v) is 5.89. The van der Waals surface area contributed by atoms with E-state index in [2.05, 4.69) is 13.0 Å². The van der Waals surface area contributed by atoms with Crippen molar-refractivity contribution in [3.05, 3.63) is 29.3 Å². The van der Waals surface area contributed by atoms with Gasteiger partial charge in [-0.3, -0.25) is 0 Å². The molecule has 208 valence electrons. The van der Waals surface area contributed by atoms with Gasteiger partial charge in [-0.1, -0.05) is 38.3 Å². The predicted molar refractivity (Wildman–Crippen MR) is 139 cm³/mol. The Balaban J connectivity index is 1.69. The van der Waals surface area contributed by atoms with Gasteiger partial charge in [0.25, 0.3) is 0 Å². The molecular formula is C29H44O8. The lowest BCUT2D eigenvalue weighted by atomic mass is 9.73. The van der Waals surface area contributed by atoms with Gasteiger partial charge in [0.15, 0.2) is 6.61 Å². The average Bonchev–Trinajstić information content (AvgIpc) is 3.22. The van der Waals surface area contributed by atoms with Gasteiger partial charge in [-0.05, 0) is 80.4 Å². The Hall–Kier alpha value is -2.32. The predicted octanol–water partition coefficient (Wildman–Crippen LogP) is 4.87. The lowest BCUT2D eigenvalue weighted by Gasteiger charge is -2.32. The molecule has 0 saturated heterocycles. The molecule has 37 heavy (non-hydrogen) atoms. The van der Waals surface area contributed by atoms with Crippen LogP contribution in [-0.2, 0) is 36.6 Å². The number of carbonyl (C=O) groups excluding carboxylic acids is 2. The third-order valence-corrected chi connectivity index (χ3v) is 7.77. The maximum atomic E-state index is 12.5. The van der Waals surface area contributed by atoms with Gasteiger partial charge in [-0.2, -0.15) is 0 Å². The molecule has 0 heterocycles. The first-order valence-corrected chi connectivity index (χ1v) is 13.9. The molecule has 0 amide bonds.